The van der Waals surface area contributed by atoms with Gasteiger partial charge in [-0.05, 0) is 6.42 Å². The molecule has 0 aromatic carbocycles. The van der Waals surface area contributed by atoms with Crippen LogP contribution in [0.1, 0.15) is 84.0 Å². The van der Waals surface area contributed by atoms with Gasteiger partial charge in [0.15, 0.2) is 0 Å². The van der Waals surface area contributed by atoms with Gasteiger partial charge < -0.3 is 19.7 Å². The van der Waals surface area contributed by atoms with Crippen LogP contribution in [0.25, 0.3) is 0 Å². The van der Waals surface area contributed by atoms with E-state index in [9.17, 15) is 40.6 Å². The number of aliphatic hydroxyl groups is 2. The molecule has 0 rings (SSSR count). The summed E-state index contributed by atoms with van der Waals surface area (Å²) in [6.07, 6.45) is 8.33. The highest BCUT2D eigenvalue weighted by Gasteiger charge is 2.67. The fourth-order valence-corrected chi connectivity index (χ4v) is 4.94. The lowest BCUT2D eigenvalue weighted by Gasteiger charge is -2.25. The first-order valence-corrected chi connectivity index (χ1v) is 13.8. The molecular weight excluding hydrogens is 484 g/mol. The van der Waals surface area contributed by atoms with Crippen molar-refractivity contribution in [2.75, 3.05) is 13.2 Å². The molecule has 0 fully saturated rings. The Hall–Kier alpha value is -1.32. The quantitative estimate of drug-likeness (QED) is 0.109. The summed E-state index contributed by atoms with van der Waals surface area (Å²) in [4.78, 5) is 24.1. The maximum Gasteiger partial charge on any atom is 0.457 e. The third-order valence-corrected chi connectivity index (χ3v) is 7.90. The van der Waals surface area contributed by atoms with E-state index in [2.05, 4.69) is 16.4 Å². The highest BCUT2D eigenvalue weighted by molar-refractivity contribution is 8.06. The third kappa shape index (κ3) is 11.1. The number of hydrogen-bond acceptors (Lipinski definition) is 10. The van der Waals surface area contributed by atoms with Gasteiger partial charge in [-0.25, -0.2) is 4.79 Å². The van der Waals surface area contributed by atoms with Crippen LogP contribution in [-0.4, -0.2) is 71.7 Å². The van der Waals surface area contributed by atoms with E-state index in [1.165, 1.54) is 25.7 Å². The van der Waals surface area contributed by atoms with Crippen molar-refractivity contribution in [2.45, 2.75) is 94.3 Å². The zero-order valence-corrected chi connectivity index (χ0v) is 20.5. The maximum absolute atomic E-state index is 12.1. The lowest BCUT2D eigenvalue weighted by Crippen LogP contribution is -2.57. The average molecular weight is 521 g/mol. The predicted molar refractivity (Wildman–Crippen MR) is 117 cm³/mol. The molecule has 0 aromatic heterocycles. The predicted octanol–water partition coefficient (Wildman–Crippen LogP) is 1.56. The standard InChI is InChI=1S/C19H36O12S2/c1-2-3-4-5-6-7-8-9-10-11-12-13-17(22)31-19(32(24,25)26,33(27,28)29)18(23)30-15-16(21)14-20/h16,20-21H,2-15H2,1H3,(H,24,25,26)(H,27,28,29). The molecule has 0 heterocycles. The Labute approximate surface area is 195 Å². The van der Waals surface area contributed by atoms with Crippen LogP contribution < -0.4 is 0 Å². The molecular formula is C19H36O12S2. The molecule has 0 saturated heterocycles. The summed E-state index contributed by atoms with van der Waals surface area (Å²) in [6, 6.07) is 0. The summed E-state index contributed by atoms with van der Waals surface area (Å²) >= 11 is 0. The Morgan fingerprint density at radius 3 is 1.64 bits per heavy atom. The van der Waals surface area contributed by atoms with Gasteiger partial charge in [-0.15, -0.1) is 0 Å². The second-order valence-electron chi connectivity index (χ2n) is 7.70. The van der Waals surface area contributed by atoms with E-state index in [-0.39, 0.29) is 6.42 Å². The Kier molecular flexibility index (Phi) is 14.9. The minimum absolute atomic E-state index is 0.181. The fraction of sp³-hybridized carbons (Fsp3) is 0.895. The maximum atomic E-state index is 12.1. The molecule has 12 nitrogen and oxygen atoms in total. The van der Waals surface area contributed by atoms with Crippen molar-refractivity contribution in [3.05, 3.63) is 0 Å². The van der Waals surface area contributed by atoms with Crippen LogP contribution in [0.15, 0.2) is 0 Å². The van der Waals surface area contributed by atoms with E-state index in [1.807, 2.05) is 0 Å². The topological polar surface area (TPSA) is 202 Å². The number of aliphatic hydroxyl groups excluding tert-OH is 2. The molecule has 0 amide bonds. The van der Waals surface area contributed by atoms with Gasteiger partial charge in [0.05, 0.1) is 6.61 Å². The van der Waals surface area contributed by atoms with Crippen molar-refractivity contribution in [2.24, 2.45) is 0 Å². The van der Waals surface area contributed by atoms with Crippen molar-refractivity contribution in [1.82, 2.24) is 0 Å². The van der Waals surface area contributed by atoms with Crippen molar-refractivity contribution in [1.29, 1.82) is 0 Å². The van der Waals surface area contributed by atoms with Crippen LogP contribution in [-0.2, 0) is 39.3 Å². The molecule has 4 N–H and O–H groups in total. The van der Waals surface area contributed by atoms with Gasteiger partial charge in [0.2, 0.25) is 0 Å². The average Bonchev–Trinajstić information content (AvgIpc) is 2.71. The summed E-state index contributed by atoms with van der Waals surface area (Å²) in [5.41, 5.74) is 0. The van der Waals surface area contributed by atoms with Gasteiger partial charge in [-0.3, -0.25) is 13.9 Å². The molecule has 1 unspecified atom stereocenters. The molecule has 0 aliphatic rings. The summed E-state index contributed by atoms with van der Waals surface area (Å²) in [5, 5.41) is 17.9. The minimum Gasteiger partial charge on any atom is -0.458 e. The number of carbonyl (C=O) groups excluding carboxylic acids is 2. The fourth-order valence-electron chi connectivity index (χ4n) is 2.94. The summed E-state index contributed by atoms with van der Waals surface area (Å²) < 4.78 is 69.3. The number of rotatable bonds is 19. The SMILES string of the molecule is CCCCCCCCCCCCCC(=O)OC(C(=O)OCC(O)CO)(S(=O)(=O)O)S(=O)(=O)O. The molecule has 0 aliphatic carbocycles. The van der Waals surface area contributed by atoms with Crippen molar-refractivity contribution in [3.63, 3.8) is 0 Å². The molecule has 196 valence electrons. The second kappa shape index (κ2) is 15.6. The summed E-state index contributed by atoms with van der Waals surface area (Å²) in [5.74, 6) is -3.85. The van der Waals surface area contributed by atoms with E-state index in [1.54, 1.807) is 0 Å². The van der Waals surface area contributed by atoms with E-state index >= 15 is 0 Å². The largest absolute Gasteiger partial charge is 0.458 e. The van der Waals surface area contributed by atoms with Crippen LogP contribution in [0.3, 0.4) is 0 Å². The van der Waals surface area contributed by atoms with Crippen LogP contribution in [0.2, 0.25) is 0 Å². The number of carbonyl (C=O) groups is 2. The van der Waals surface area contributed by atoms with E-state index in [0.717, 1.165) is 32.1 Å². The normalized spacial score (nSPS) is 13.5. The highest BCUT2D eigenvalue weighted by atomic mass is 32.3. The monoisotopic (exact) mass is 520 g/mol. The van der Waals surface area contributed by atoms with Gasteiger partial charge in [-0.1, -0.05) is 71.1 Å². The zero-order valence-electron chi connectivity index (χ0n) is 18.8. The van der Waals surface area contributed by atoms with Crippen molar-refractivity contribution >= 4 is 32.2 Å². The van der Waals surface area contributed by atoms with E-state index < -0.39 is 62.2 Å². The Balaban J connectivity index is 4.80. The van der Waals surface area contributed by atoms with Crippen LogP contribution >= 0.6 is 0 Å². The van der Waals surface area contributed by atoms with Gasteiger partial charge >= 0.3 is 36.4 Å². The first-order chi connectivity index (χ1) is 15.3. The van der Waals surface area contributed by atoms with Gasteiger partial charge in [-0.2, -0.15) is 16.8 Å². The zero-order chi connectivity index (χ0) is 25.5. The van der Waals surface area contributed by atoms with Gasteiger partial charge in [0.25, 0.3) is 0 Å². The molecule has 0 radical (unpaired) electrons. The molecule has 0 saturated carbocycles. The second-order valence-corrected chi connectivity index (χ2v) is 11.0. The lowest BCUT2D eigenvalue weighted by atomic mass is 10.1. The first-order valence-electron chi connectivity index (χ1n) is 11.0. The smallest absolute Gasteiger partial charge is 0.457 e. The summed E-state index contributed by atoms with van der Waals surface area (Å²) in [7, 11) is -12.2. The molecule has 0 aliphatic heterocycles. The third-order valence-electron chi connectivity index (χ3n) is 4.78. The Morgan fingerprint density at radius 2 is 1.24 bits per heavy atom. The lowest BCUT2D eigenvalue weighted by molar-refractivity contribution is -0.168. The summed E-state index contributed by atoms with van der Waals surface area (Å²) in [6.45, 7) is 0.117. The molecule has 33 heavy (non-hydrogen) atoms. The van der Waals surface area contributed by atoms with Gasteiger partial charge in [0.1, 0.15) is 12.7 Å². The van der Waals surface area contributed by atoms with Crippen LogP contribution in [0.5, 0.6) is 0 Å². The van der Waals surface area contributed by atoms with E-state index in [0.29, 0.717) is 6.42 Å². The van der Waals surface area contributed by atoms with E-state index in [4.69, 9.17) is 5.11 Å². The van der Waals surface area contributed by atoms with Crippen molar-refractivity contribution < 1.29 is 55.2 Å². The molecule has 0 spiro atoms. The molecule has 1 atom stereocenters. The van der Waals surface area contributed by atoms with Gasteiger partial charge in [0, 0.05) is 6.42 Å². The minimum atomic E-state index is -6.09. The van der Waals surface area contributed by atoms with Crippen molar-refractivity contribution in [3.8, 4) is 0 Å². The van der Waals surface area contributed by atoms with Crippen LogP contribution in [0, 0.1) is 0 Å². The first kappa shape index (κ1) is 31.7. The number of unbranched alkanes of at least 4 members (excludes halogenated alkanes) is 10. The number of hydrogen-bond donors (Lipinski definition) is 4. The molecule has 0 aromatic rings. The Morgan fingerprint density at radius 1 is 0.818 bits per heavy atom. The Bertz CT molecular complexity index is 760. The number of esters is 2. The number of ether oxygens (including phenoxy) is 2. The van der Waals surface area contributed by atoms with Crippen LogP contribution in [0.4, 0.5) is 0 Å². The highest BCUT2D eigenvalue weighted by Crippen LogP contribution is 2.28. The molecule has 0 bridgehead atoms. The molecule has 14 heteroatoms.